The Labute approximate surface area is 122 Å². The molecular weight excluding hydrogens is 306 g/mol. The Kier molecular flexibility index (Phi) is 4.50. The normalized spacial score (nSPS) is 18.0. The number of hydrogen-bond donors (Lipinski definition) is 2. The minimum Gasteiger partial charge on any atom is -0.478 e. The summed E-state index contributed by atoms with van der Waals surface area (Å²) in [6.45, 7) is 3.28. The highest BCUT2D eigenvalue weighted by Crippen LogP contribution is 2.36. The number of carboxylic acid groups (broad SMARTS) is 1. The van der Waals surface area contributed by atoms with E-state index in [0.717, 1.165) is 12.2 Å². The highest BCUT2D eigenvalue weighted by molar-refractivity contribution is 9.10. The van der Waals surface area contributed by atoms with Crippen LogP contribution in [-0.4, -0.2) is 17.6 Å². The van der Waals surface area contributed by atoms with E-state index >= 15 is 0 Å². The lowest BCUT2D eigenvalue weighted by Gasteiger charge is -2.34. The summed E-state index contributed by atoms with van der Waals surface area (Å²) in [5.74, 6) is -0.905. The van der Waals surface area contributed by atoms with Crippen molar-refractivity contribution in [1.82, 2.24) is 0 Å². The molecule has 1 aromatic carbocycles. The van der Waals surface area contributed by atoms with E-state index in [1.807, 2.05) is 12.1 Å². The van der Waals surface area contributed by atoms with E-state index < -0.39 is 5.97 Å². The van der Waals surface area contributed by atoms with Gasteiger partial charge >= 0.3 is 5.97 Å². The third kappa shape index (κ3) is 3.72. The Bertz CT molecular complexity index is 467. The van der Waals surface area contributed by atoms with Gasteiger partial charge in [-0.2, -0.15) is 0 Å². The molecule has 0 unspecified atom stereocenters. The highest BCUT2D eigenvalue weighted by atomic mass is 79.9. The minimum atomic E-state index is -0.905. The van der Waals surface area contributed by atoms with Gasteiger partial charge in [0.25, 0.3) is 0 Å². The number of carboxylic acids is 1. The Balaban J connectivity index is 2.00. The van der Waals surface area contributed by atoms with Gasteiger partial charge in [0.1, 0.15) is 0 Å². The first kappa shape index (κ1) is 14.4. The maximum absolute atomic E-state index is 10.9. The van der Waals surface area contributed by atoms with Crippen LogP contribution in [0.5, 0.6) is 0 Å². The van der Waals surface area contributed by atoms with Crippen molar-refractivity contribution in [2.24, 2.45) is 5.41 Å². The van der Waals surface area contributed by atoms with Crippen LogP contribution in [0.4, 0.5) is 5.69 Å². The third-order valence-electron chi connectivity index (χ3n) is 3.98. The molecule has 4 heteroatoms. The van der Waals surface area contributed by atoms with E-state index in [1.165, 1.54) is 32.1 Å². The summed E-state index contributed by atoms with van der Waals surface area (Å²) in [5.41, 5.74) is 1.65. The Morgan fingerprint density at radius 1 is 1.37 bits per heavy atom. The van der Waals surface area contributed by atoms with Crippen molar-refractivity contribution in [3.05, 3.63) is 28.2 Å². The van der Waals surface area contributed by atoms with Gasteiger partial charge in [0, 0.05) is 16.7 Å². The molecule has 0 aromatic heterocycles. The lowest BCUT2D eigenvalue weighted by Crippen LogP contribution is -2.28. The maximum atomic E-state index is 10.9. The lowest BCUT2D eigenvalue weighted by atomic mass is 9.76. The molecule has 3 nitrogen and oxygen atoms in total. The first-order chi connectivity index (χ1) is 9.00. The van der Waals surface area contributed by atoms with Gasteiger partial charge in [0.2, 0.25) is 0 Å². The number of benzene rings is 1. The topological polar surface area (TPSA) is 49.3 Å². The molecular formula is C15H20BrNO2. The number of aromatic carboxylic acids is 1. The van der Waals surface area contributed by atoms with Crippen LogP contribution >= 0.6 is 15.9 Å². The Morgan fingerprint density at radius 2 is 2.05 bits per heavy atom. The standard InChI is InChI=1S/C15H20BrNO2/c1-15(7-3-2-4-8-15)10-17-11-5-6-12(14(18)19)13(16)9-11/h5-6,9,17H,2-4,7-8,10H2,1H3,(H,18,19). The molecule has 0 bridgehead atoms. The molecule has 19 heavy (non-hydrogen) atoms. The summed E-state index contributed by atoms with van der Waals surface area (Å²) in [6.07, 6.45) is 6.54. The smallest absolute Gasteiger partial charge is 0.336 e. The molecule has 1 aromatic rings. The van der Waals surface area contributed by atoms with Gasteiger partial charge in [-0.25, -0.2) is 4.79 Å². The zero-order valence-electron chi connectivity index (χ0n) is 11.2. The molecule has 1 fully saturated rings. The van der Waals surface area contributed by atoms with Crippen LogP contribution in [0.25, 0.3) is 0 Å². The minimum absolute atomic E-state index is 0.300. The monoisotopic (exact) mass is 325 g/mol. The summed E-state index contributed by atoms with van der Waals surface area (Å²) in [4.78, 5) is 10.9. The second kappa shape index (κ2) is 5.95. The third-order valence-corrected chi connectivity index (χ3v) is 4.64. The fourth-order valence-corrected chi connectivity index (χ4v) is 3.24. The van der Waals surface area contributed by atoms with Gasteiger partial charge < -0.3 is 10.4 Å². The molecule has 0 radical (unpaired) electrons. The highest BCUT2D eigenvalue weighted by Gasteiger charge is 2.26. The first-order valence-corrected chi connectivity index (χ1v) is 7.56. The zero-order chi connectivity index (χ0) is 13.9. The van der Waals surface area contributed by atoms with Crippen molar-refractivity contribution < 1.29 is 9.90 Å². The average Bonchev–Trinajstić information content (AvgIpc) is 2.37. The van der Waals surface area contributed by atoms with Crippen molar-refractivity contribution in [3.63, 3.8) is 0 Å². The number of carbonyl (C=O) groups is 1. The van der Waals surface area contributed by atoms with Crippen molar-refractivity contribution >= 4 is 27.6 Å². The van der Waals surface area contributed by atoms with Crippen LogP contribution < -0.4 is 5.32 Å². The predicted octanol–water partition coefficient (Wildman–Crippen LogP) is 4.53. The fourth-order valence-electron chi connectivity index (χ4n) is 2.70. The fraction of sp³-hybridized carbons (Fsp3) is 0.533. The van der Waals surface area contributed by atoms with Crippen LogP contribution in [0.1, 0.15) is 49.4 Å². The SMILES string of the molecule is CC1(CNc2ccc(C(=O)O)c(Br)c2)CCCCC1. The van der Waals surface area contributed by atoms with Crippen molar-refractivity contribution in [2.45, 2.75) is 39.0 Å². The van der Waals surface area contributed by atoms with Crippen molar-refractivity contribution in [3.8, 4) is 0 Å². The van der Waals surface area contributed by atoms with Crippen LogP contribution in [0.2, 0.25) is 0 Å². The van der Waals surface area contributed by atoms with E-state index in [1.54, 1.807) is 6.07 Å². The summed E-state index contributed by atoms with van der Waals surface area (Å²) < 4.78 is 0.624. The van der Waals surface area contributed by atoms with Crippen LogP contribution in [-0.2, 0) is 0 Å². The molecule has 1 saturated carbocycles. The maximum Gasteiger partial charge on any atom is 0.336 e. The van der Waals surface area contributed by atoms with E-state index in [0.29, 0.717) is 15.5 Å². The number of halogens is 1. The number of rotatable bonds is 4. The van der Waals surface area contributed by atoms with Gasteiger partial charge in [-0.15, -0.1) is 0 Å². The second-order valence-corrected chi connectivity index (χ2v) is 6.58. The first-order valence-electron chi connectivity index (χ1n) is 6.77. The molecule has 2 rings (SSSR count). The molecule has 0 amide bonds. The van der Waals surface area contributed by atoms with Crippen LogP contribution in [0, 0.1) is 5.41 Å². The summed E-state index contributed by atoms with van der Waals surface area (Å²) >= 11 is 3.31. The predicted molar refractivity (Wildman–Crippen MR) is 80.8 cm³/mol. The molecule has 0 atom stereocenters. The zero-order valence-corrected chi connectivity index (χ0v) is 12.8. The van der Waals surface area contributed by atoms with Crippen molar-refractivity contribution in [2.75, 3.05) is 11.9 Å². The molecule has 0 spiro atoms. The van der Waals surface area contributed by atoms with Crippen LogP contribution in [0.15, 0.2) is 22.7 Å². The number of nitrogens with one attached hydrogen (secondary N) is 1. The second-order valence-electron chi connectivity index (χ2n) is 5.72. The number of hydrogen-bond acceptors (Lipinski definition) is 2. The molecule has 0 aliphatic heterocycles. The van der Waals surface area contributed by atoms with Gasteiger partial charge in [0.05, 0.1) is 5.56 Å². The van der Waals surface area contributed by atoms with Gasteiger partial charge in [-0.05, 0) is 52.4 Å². The molecule has 1 aliphatic carbocycles. The summed E-state index contributed by atoms with van der Waals surface area (Å²) in [5, 5.41) is 12.4. The number of anilines is 1. The van der Waals surface area contributed by atoms with E-state index in [9.17, 15) is 4.79 Å². The van der Waals surface area contributed by atoms with Gasteiger partial charge in [-0.3, -0.25) is 0 Å². The molecule has 2 N–H and O–H groups in total. The Morgan fingerprint density at radius 3 is 2.63 bits per heavy atom. The molecule has 0 heterocycles. The van der Waals surface area contributed by atoms with Crippen molar-refractivity contribution in [1.29, 1.82) is 0 Å². The lowest BCUT2D eigenvalue weighted by molar-refractivity contribution is 0.0696. The van der Waals surface area contributed by atoms with Crippen LogP contribution in [0.3, 0.4) is 0 Å². The summed E-state index contributed by atoms with van der Waals surface area (Å²) in [6, 6.07) is 5.31. The van der Waals surface area contributed by atoms with Gasteiger partial charge in [0.15, 0.2) is 0 Å². The van der Waals surface area contributed by atoms with E-state index in [2.05, 4.69) is 28.2 Å². The Hall–Kier alpha value is -1.03. The summed E-state index contributed by atoms with van der Waals surface area (Å²) in [7, 11) is 0. The quantitative estimate of drug-likeness (QED) is 0.855. The van der Waals surface area contributed by atoms with Gasteiger partial charge in [-0.1, -0.05) is 26.2 Å². The van der Waals surface area contributed by atoms with E-state index in [-0.39, 0.29) is 0 Å². The van der Waals surface area contributed by atoms with E-state index in [4.69, 9.17) is 5.11 Å². The average molecular weight is 326 g/mol. The molecule has 0 saturated heterocycles. The largest absolute Gasteiger partial charge is 0.478 e. The molecule has 104 valence electrons. The molecule has 1 aliphatic rings.